The second kappa shape index (κ2) is 5.38. The fraction of sp³-hybridized carbons (Fsp3) is 0.538. The Bertz CT molecular complexity index is 620. The summed E-state index contributed by atoms with van der Waals surface area (Å²) in [5, 5.41) is 0. The zero-order valence-electron chi connectivity index (χ0n) is 11.0. The molecule has 1 aliphatic rings. The van der Waals surface area contributed by atoms with E-state index in [-0.39, 0.29) is 5.56 Å². The summed E-state index contributed by atoms with van der Waals surface area (Å²) in [5.74, 6) is 2.04. The van der Waals surface area contributed by atoms with Crippen LogP contribution in [0.1, 0.15) is 12.0 Å². The third kappa shape index (κ3) is 2.55. The molecule has 1 atom stereocenters. The Hall–Kier alpha value is -1.27. The van der Waals surface area contributed by atoms with Crippen LogP contribution in [0.3, 0.4) is 0 Å². The summed E-state index contributed by atoms with van der Waals surface area (Å²) in [6.07, 6.45) is 6.83. The molecule has 0 radical (unpaired) electrons. The molecule has 0 aliphatic carbocycles. The second-order valence-corrected chi connectivity index (χ2v) is 6.03. The predicted molar refractivity (Wildman–Crippen MR) is 78.5 cm³/mol. The van der Waals surface area contributed by atoms with Crippen molar-refractivity contribution in [2.75, 3.05) is 25.1 Å². The predicted octanol–water partition coefficient (Wildman–Crippen LogP) is 1.44. The number of aromatic amines is 2. The van der Waals surface area contributed by atoms with Gasteiger partial charge in [-0.1, -0.05) is 0 Å². The third-order valence-electron chi connectivity index (χ3n) is 3.71. The van der Waals surface area contributed by atoms with Gasteiger partial charge < -0.3 is 9.97 Å². The summed E-state index contributed by atoms with van der Waals surface area (Å²) in [4.78, 5) is 24.0. The van der Waals surface area contributed by atoms with Crippen molar-refractivity contribution in [2.24, 2.45) is 5.92 Å². The first-order chi connectivity index (χ1) is 9.28. The van der Waals surface area contributed by atoms with Gasteiger partial charge in [0, 0.05) is 24.8 Å². The largest absolute Gasteiger partial charge is 0.355 e. The monoisotopic (exact) mass is 278 g/mol. The van der Waals surface area contributed by atoms with E-state index in [9.17, 15) is 4.79 Å². The molecule has 0 amide bonds. The minimum Gasteiger partial charge on any atom is -0.355 e. The minimum absolute atomic E-state index is 0.0991. The van der Waals surface area contributed by atoms with Crippen molar-refractivity contribution in [3.63, 3.8) is 0 Å². The van der Waals surface area contributed by atoms with Crippen molar-refractivity contribution in [1.82, 2.24) is 19.9 Å². The molecule has 5 nitrogen and oxygen atoms in total. The molecule has 1 saturated heterocycles. The highest BCUT2D eigenvalue weighted by Crippen LogP contribution is 2.23. The van der Waals surface area contributed by atoms with Crippen LogP contribution in [0.5, 0.6) is 0 Å². The minimum atomic E-state index is -0.0991. The normalized spacial score (nSPS) is 20.4. The standard InChI is InChI=1S/C13H18N4OS/c1-19-7-9-2-3-17(5-9)6-10-4-14-12-11(10)15-8-16-13(12)18/h4,8-9,14H,2-3,5-7H2,1H3,(H,15,16,18). The maximum Gasteiger partial charge on any atom is 0.275 e. The van der Waals surface area contributed by atoms with E-state index in [1.165, 1.54) is 18.5 Å². The number of rotatable bonds is 4. The van der Waals surface area contributed by atoms with Crippen LogP contribution in [0.25, 0.3) is 11.0 Å². The maximum absolute atomic E-state index is 11.6. The molecule has 2 aromatic heterocycles. The van der Waals surface area contributed by atoms with Crippen LogP contribution in [0.2, 0.25) is 0 Å². The van der Waals surface area contributed by atoms with Gasteiger partial charge in [0.1, 0.15) is 5.52 Å². The molecule has 2 N–H and O–H groups in total. The number of hydrogen-bond donors (Lipinski definition) is 2. The smallest absolute Gasteiger partial charge is 0.275 e. The maximum atomic E-state index is 11.6. The van der Waals surface area contributed by atoms with Crippen LogP contribution in [-0.2, 0) is 6.54 Å². The number of likely N-dealkylation sites (tertiary alicyclic amines) is 1. The lowest BCUT2D eigenvalue weighted by molar-refractivity contribution is 0.322. The average molecular weight is 278 g/mol. The number of fused-ring (bicyclic) bond motifs is 1. The Kier molecular flexibility index (Phi) is 3.61. The lowest BCUT2D eigenvalue weighted by Crippen LogP contribution is -2.20. The number of nitrogens with one attached hydrogen (secondary N) is 2. The van der Waals surface area contributed by atoms with Crippen LogP contribution < -0.4 is 5.56 Å². The van der Waals surface area contributed by atoms with Gasteiger partial charge >= 0.3 is 0 Å². The highest BCUT2D eigenvalue weighted by atomic mass is 32.2. The molecule has 1 unspecified atom stereocenters. The Morgan fingerprint density at radius 1 is 1.53 bits per heavy atom. The highest BCUT2D eigenvalue weighted by Gasteiger charge is 2.23. The Balaban J connectivity index is 1.76. The molecule has 3 rings (SSSR count). The molecule has 6 heteroatoms. The molecule has 2 aromatic rings. The van der Waals surface area contributed by atoms with Crippen LogP contribution in [0.15, 0.2) is 17.3 Å². The lowest BCUT2D eigenvalue weighted by atomic mass is 10.2. The molecule has 1 aliphatic heterocycles. The fourth-order valence-electron chi connectivity index (χ4n) is 2.79. The van der Waals surface area contributed by atoms with E-state index < -0.39 is 0 Å². The zero-order valence-corrected chi connectivity index (χ0v) is 11.8. The van der Waals surface area contributed by atoms with Gasteiger partial charge in [-0.3, -0.25) is 9.69 Å². The number of thioether (sulfide) groups is 1. The van der Waals surface area contributed by atoms with Gasteiger partial charge in [-0.25, -0.2) is 4.98 Å². The SMILES string of the molecule is CSCC1CCN(Cc2c[nH]c3c(=O)[nH]cnc23)C1. The van der Waals surface area contributed by atoms with Gasteiger partial charge in [0.05, 0.1) is 11.8 Å². The second-order valence-electron chi connectivity index (χ2n) is 5.11. The van der Waals surface area contributed by atoms with Crippen molar-refractivity contribution < 1.29 is 0 Å². The van der Waals surface area contributed by atoms with E-state index in [0.29, 0.717) is 5.52 Å². The molecular weight excluding hydrogens is 260 g/mol. The van der Waals surface area contributed by atoms with Crippen molar-refractivity contribution in [3.8, 4) is 0 Å². The quantitative estimate of drug-likeness (QED) is 0.888. The summed E-state index contributed by atoms with van der Waals surface area (Å²) < 4.78 is 0. The number of nitrogens with zero attached hydrogens (tertiary/aromatic N) is 2. The van der Waals surface area contributed by atoms with Crippen LogP contribution in [-0.4, -0.2) is 44.9 Å². The van der Waals surface area contributed by atoms with Gasteiger partial charge in [0.2, 0.25) is 0 Å². The van der Waals surface area contributed by atoms with Crippen LogP contribution in [0.4, 0.5) is 0 Å². The van der Waals surface area contributed by atoms with E-state index in [1.54, 1.807) is 0 Å². The van der Waals surface area contributed by atoms with Gasteiger partial charge in [0.15, 0.2) is 0 Å². The van der Waals surface area contributed by atoms with Gasteiger partial charge in [-0.05, 0) is 30.9 Å². The molecule has 0 bridgehead atoms. The summed E-state index contributed by atoms with van der Waals surface area (Å²) >= 11 is 1.92. The van der Waals surface area contributed by atoms with E-state index in [4.69, 9.17) is 0 Å². The molecule has 1 fully saturated rings. The molecule has 0 aromatic carbocycles. The van der Waals surface area contributed by atoms with Crippen molar-refractivity contribution in [1.29, 1.82) is 0 Å². The molecule has 0 spiro atoms. The average Bonchev–Trinajstić information content (AvgIpc) is 3.00. The van der Waals surface area contributed by atoms with E-state index >= 15 is 0 Å². The van der Waals surface area contributed by atoms with Gasteiger partial charge in [-0.15, -0.1) is 0 Å². The molecule has 102 valence electrons. The Morgan fingerprint density at radius 3 is 3.26 bits per heavy atom. The molecular formula is C13H18N4OS. The first kappa shape index (κ1) is 12.7. The zero-order chi connectivity index (χ0) is 13.2. The van der Waals surface area contributed by atoms with Gasteiger partial charge in [-0.2, -0.15) is 11.8 Å². The third-order valence-corrected chi connectivity index (χ3v) is 4.52. The first-order valence-corrected chi connectivity index (χ1v) is 7.92. The highest BCUT2D eigenvalue weighted by molar-refractivity contribution is 7.98. The summed E-state index contributed by atoms with van der Waals surface area (Å²) in [6, 6.07) is 0. The summed E-state index contributed by atoms with van der Waals surface area (Å²) in [5.41, 5.74) is 2.40. The first-order valence-electron chi connectivity index (χ1n) is 6.53. The topological polar surface area (TPSA) is 64.8 Å². The van der Waals surface area contributed by atoms with Crippen LogP contribution in [0, 0.1) is 5.92 Å². The molecule has 19 heavy (non-hydrogen) atoms. The van der Waals surface area contributed by atoms with Crippen molar-refractivity contribution in [2.45, 2.75) is 13.0 Å². The Morgan fingerprint density at radius 2 is 2.42 bits per heavy atom. The summed E-state index contributed by atoms with van der Waals surface area (Å²) in [7, 11) is 0. The van der Waals surface area contributed by atoms with E-state index in [1.807, 2.05) is 18.0 Å². The van der Waals surface area contributed by atoms with Crippen molar-refractivity contribution in [3.05, 3.63) is 28.4 Å². The molecule has 0 saturated carbocycles. The van der Waals surface area contributed by atoms with Crippen LogP contribution >= 0.6 is 11.8 Å². The Labute approximate surface area is 115 Å². The van der Waals surface area contributed by atoms with E-state index in [2.05, 4.69) is 26.1 Å². The van der Waals surface area contributed by atoms with E-state index in [0.717, 1.165) is 36.6 Å². The van der Waals surface area contributed by atoms with Crippen molar-refractivity contribution >= 4 is 22.8 Å². The number of hydrogen-bond acceptors (Lipinski definition) is 4. The summed E-state index contributed by atoms with van der Waals surface area (Å²) in [6.45, 7) is 3.17. The fourth-order valence-corrected chi connectivity index (χ4v) is 3.54. The van der Waals surface area contributed by atoms with Gasteiger partial charge in [0.25, 0.3) is 5.56 Å². The number of H-pyrrole nitrogens is 2. The number of aromatic nitrogens is 3. The lowest BCUT2D eigenvalue weighted by Gasteiger charge is -2.14. The molecule has 3 heterocycles.